The molecule has 0 unspecified atom stereocenters. The lowest BCUT2D eigenvalue weighted by atomic mass is 10.1. The van der Waals surface area contributed by atoms with Crippen molar-refractivity contribution < 1.29 is 26.0 Å². The molecule has 0 fully saturated rings. The minimum Gasteiger partial charge on any atom is -0.279 e. The van der Waals surface area contributed by atoms with Crippen LogP contribution in [0.3, 0.4) is 0 Å². The molecular weight excluding hydrogens is 454 g/mol. The fraction of sp³-hybridized carbons (Fsp3) is 0.100. The Kier molecular flexibility index (Phi) is 5.18. The summed E-state index contributed by atoms with van der Waals surface area (Å²) < 4.78 is 80.1. The number of anilines is 1. The molecule has 2 heterocycles. The van der Waals surface area contributed by atoms with Crippen LogP contribution in [0.1, 0.15) is 11.1 Å². The van der Waals surface area contributed by atoms with Gasteiger partial charge in [0.05, 0.1) is 16.1 Å². The second kappa shape index (κ2) is 7.57. The first-order valence-electron chi connectivity index (χ1n) is 8.77. The number of rotatable bonds is 4. The predicted octanol–water partition coefficient (Wildman–Crippen LogP) is 5.63. The SMILES string of the molecule is Cc1ccc(-c2nc3cccnc3s2)cc1NS(=O)(=O)c1ccc(F)c(C(F)(F)F)c1. The van der Waals surface area contributed by atoms with E-state index >= 15 is 0 Å². The summed E-state index contributed by atoms with van der Waals surface area (Å²) in [5.74, 6) is -1.55. The lowest BCUT2D eigenvalue weighted by molar-refractivity contribution is -0.140. The number of halogens is 4. The van der Waals surface area contributed by atoms with Gasteiger partial charge in [-0.25, -0.2) is 22.8 Å². The molecule has 0 amide bonds. The van der Waals surface area contributed by atoms with Gasteiger partial charge >= 0.3 is 6.18 Å². The summed E-state index contributed by atoms with van der Waals surface area (Å²) in [6, 6.07) is 10.0. The number of aryl methyl sites for hydroxylation is 1. The van der Waals surface area contributed by atoms with Crippen LogP contribution in [0.5, 0.6) is 0 Å². The van der Waals surface area contributed by atoms with Gasteiger partial charge < -0.3 is 0 Å². The minimum atomic E-state index is -5.02. The number of nitrogens with one attached hydrogen (secondary N) is 1. The molecule has 0 aliphatic heterocycles. The van der Waals surface area contributed by atoms with Crippen LogP contribution in [0, 0.1) is 12.7 Å². The Bertz CT molecular complexity index is 1370. The highest BCUT2D eigenvalue weighted by Gasteiger charge is 2.35. The number of thiazole rings is 1. The number of hydrogen-bond donors (Lipinski definition) is 1. The number of sulfonamides is 1. The van der Waals surface area contributed by atoms with Crippen molar-refractivity contribution in [3.8, 4) is 10.6 Å². The van der Waals surface area contributed by atoms with Crippen LogP contribution in [-0.4, -0.2) is 18.4 Å². The van der Waals surface area contributed by atoms with E-state index in [2.05, 4.69) is 14.7 Å². The number of fused-ring (bicyclic) bond motifs is 1. The summed E-state index contributed by atoms with van der Waals surface area (Å²) in [6.45, 7) is 1.65. The highest BCUT2D eigenvalue weighted by atomic mass is 32.2. The Morgan fingerprint density at radius 2 is 1.84 bits per heavy atom. The van der Waals surface area contributed by atoms with Crippen LogP contribution in [0.2, 0.25) is 0 Å². The van der Waals surface area contributed by atoms with Gasteiger partial charge in [0.15, 0.2) is 0 Å². The zero-order chi connectivity index (χ0) is 22.4. The molecule has 0 aliphatic carbocycles. The second-order valence-electron chi connectivity index (χ2n) is 6.62. The number of aromatic nitrogens is 2. The molecule has 2 aromatic carbocycles. The lowest BCUT2D eigenvalue weighted by Crippen LogP contribution is -2.16. The fourth-order valence-electron chi connectivity index (χ4n) is 2.85. The van der Waals surface area contributed by atoms with E-state index in [0.717, 1.165) is 6.07 Å². The van der Waals surface area contributed by atoms with Gasteiger partial charge in [-0.05, 0) is 48.9 Å². The normalized spacial score (nSPS) is 12.3. The maximum Gasteiger partial charge on any atom is 0.419 e. The summed E-state index contributed by atoms with van der Waals surface area (Å²) in [7, 11) is -4.40. The number of nitrogens with zero attached hydrogens (tertiary/aromatic N) is 2. The van der Waals surface area contributed by atoms with Crippen molar-refractivity contribution in [2.24, 2.45) is 0 Å². The number of benzene rings is 2. The van der Waals surface area contributed by atoms with Gasteiger partial charge in [-0.15, -0.1) is 0 Å². The van der Waals surface area contributed by atoms with Crippen molar-refractivity contribution >= 4 is 37.4 Å². The van der Waals surface area contributed by atoms with Crippen LogP contribution >= 0.6 is 11.3 Å². The Labute approximate surface area is 178 Å². The molecule has 5 nitrogen and oxygen atoms in total. The molecular formula is C20H13F4N3O2S2. The molecule has 11 heteroatoms. The van der Waals surface area contributed by atoms with Gasteiger partial charge in [-0.1, -0.05) is 23.5 Å². The van der Waals surface area contributed by atoms with Crippen LogP contribution in [0.25, 0.3) is 20.9 Å². The Hall–Kier alpha value is -3.05. The quantitative estimate of drug-likeness (QED) is 0.395. The molecule has 160 valence electrons. The fourth-order valence-corrected chi connectivity index (χ4v) is 4.90. The first kappa shape index (κ1) is 21.2. The average molecular weight is 467 g/mol. The first-order chi connectivity index (χ1) is 14.5. The van der Waals surface area contributed by atoms with E-state index in [1.807, 2.05) is 0 Å². The van der Waals surface area contributed by atoms with Gasteiger partial charge in [0, 0.05) is 11.8 Å². The predicted molar refractivity (Wildman–Crippen MR) is 110 cm³/mol. The smallest absolute Gasteiger partial charge is 0.279 e. The molecule has 0 radical (unpaired) electrons. The van der Waals surface area contributed by atoms with E-state index in [1.165, 1.54) is 11.3 Å². The molecule has 0 bridgehead atoms. The first-order valence-corrected chi connectivity index (χ1v) is 11.1. The van der Waals surface area contributed by atoms with Crippen molar-refractivity contribution in [3.05, 3.63) is 71.7 Å². The second-order valence-corrected chi connectivity index (χ2v) is 9.28. The van der Waals surface area contributed by atoms with Crippen LogP contribution in [0.4, 0.5) is 23.2 Å². The van der Waals surface area contributed by atoms with E-state index in [1.54, 1.807) is 43.5 Å². The standard InChI is InChI=1S/C20H13F4N3O2S2/c1-11-4-5-12(18-26-16-3-2-8-25-19(16)30-18)9-17(11)27-31(28,29)13-6-7-15(21)14(10-13)20(22,23)24/h2-10,27H,1H3. The van der Waals surface area contributed by atoms with Gasteiger partial charge in [-0.2, -0.15) is 13.2 Å². The molecule has 0 saturated carbocycles. The van der Waals surface area contributed by atoms with E-state index < -0.39 is 32.5 Å². The van der Waals surface area contributed by atoms with E-state index in [9.17, 15) is 26.0 Å². The highest BCUT2D eigenvalue weighted by molar-refractivity contribution is 7.92. The van der Waals surface area contributed by atoms with Crippen LogP contribution < -0.4 is 4.72 Å². The maximum atomic E-state index is 13.5. The topological polar surface area (TPSA) is 72.0 Å². The summed E-state index contributed by atoms with van der Waals surface area (Å²) in [6.07, 6.45) is -3.39. The summed E-state index contributed by atoms with van der Waals surface area (Å²) >= 11 is 1.32. The Morgan fingerprint density at radius 3 is 2.55 bits per heavy atom. The molecule has 1 N–H and O–H groups in total. The summed E-state index contributed by atoms with van der Waals surface area (Å²) in [5, 5.41) is 0.607. The molecule has 0 atom stereocenters. The summed E-state index contributed by atoms with van der Waals surface area (Å²) in [4.78, 5) is 8.71. The van der Waals surface area contributed by atoms with Crippen LogP contribution in [0.15, 0.2) is 59.6 Å². The van der Waals surface area contributed by atoms with Crippen LogP contribution in [-0.2, 0) is 16.2 Å². The molecule has 31 heavy (non-hydrogen) atoms. The van der Waals surface area contributed by atoms with Crippen molar-refractivity contribution in [3.63, 3.8) is 0 Å². The molecule has 4 rings (SSSR count). The van der Waals surface area contributed by atoms with E-state index in [-0.39, 0.29) is 11.8 Å². The zero-order valence-corrected chi connectivity index (χ0v) is 17.4. The van der Waals surface area contributed by atoms with Crippen molar-refractivity contribution in [2.75, 3.05) is 4.72 Å². The van der Waals surface area contributed by atoms with Gasteiger partial charge in [0.25, 0.3) is 10.0 Å². The van der Waals surface area contributed by atoms with E-state index in [4.69, 9.17) is 0 Å². The molecule has 0 aliphatic rings. The average Bonchev–Trinajstić information content (AvgIpc) is 3.13. The number of alkyl halides is 3. The van der Waals surface area contributed by atoms with Gasteiger partial charge in [0.1, 0.15) is 21.2 Å². The zero-order valence-electron chi connectivity index (χ0n) is 15.7. The molecule has 4 aromatic rings. The third kappa shape index (κ3) is 4.23. The van der Waals surface area contributed by atoms with Crippen molar-refractivity contribution in [2.45, 2.75) is 18.0 Å². The third-order valence-corrected chi connectivity index (χ3v) is 6.84. The highest BCUT2D eigenvalue weighted by Crippen LogP contribution is 2.34. The number of hydrogen-bond acceptors (Lipinski definition) is 5. The molecule has 2 aromatic heterocycles. The largest absolute Gasteiger partial charge is 0.419 e. The van der Waals surface area contributed by atoms with E-state index in [0.29, 0.717) is 32.5 Å². The minimum absolute atomic E-state index is 0.169. The number of pyridine rings is 1. The van der Waals surface area contributed by atoms with Crippen molar-refractivity contribution in [1.82, 2.24) is 9.97 Å². The van der Waals surface area contributed by atoms with Gasteiger partial charge in [-0.3, -0.25) is 4.72 Å². The van der Waals surface area contributed by atoms with Crippen molar-refractivity contribution in [1.29, 1.82) is 0 Å². The summed E-state index contributed by atoms with van der Waals surface area (Å²) in [5.41, 5.74) is 0.368. The lowest BCUT2D eigenvalue weighted by Gasteiger charge is -2.14. The molecule has 0 spiro atoms. The van der Waals surface area contributed by atoms with Gasteiger partial charge in [0.2, 0.25) is 0 Å². The third-order valence-electron chi connectivity index (χ3n) is 4.45. The Morgan fingerprint density at radius 1 is 1.06 bits per heavy atom. The maximum absolute atomic E-state index is 13.5. The monoisotopic (exact) mass is 467 g/mol. The Balaban J connectivity index is 1.71. The molecule has 0 saturated heterocycles.